The van der Waals surface area contributed by atoms with Gasteiger partial charge in [-0.1, -0.05) is 244 Å². The van der Waals surface area contributed by atoms with E-state index in [1.165, 1.54) is 51.4 Å². The van der Waals surface area contributed by atoms with Gasteiger partial charge in [-0.2, -0.15) is 0 Å². The van der Waals surface area contributed by atoms with E-state index in [-0.39, 0.29) is 37.5 Å². The van der Waals surface area contributed by atoms with Gasteiger partial charge in [0.2, 0.25) is 0 Å². The maximum atomic E-state index is 12.9. The molecule has 0 spiro atoms. The second kappa shape index (κ2) is 57.1. The van der Waals surface area contributed by atoms with Crippen LogP contribution in [-0.4, -0.2) is 37.2 Å². The summed E-state index contributed by atoms with van der Waals surface area (Å²) >= 11 is 0. The summed E-state index contributed by atoms with van der Waals surface area (Å²) in [6, 6.07) is 0. The zero-order valence-electron chi connectivity index (χ0n) is 45.0. The summed E-state index contributed by atoms with van der Waals surface area (Å²) in [5, 5.41) is 0. The predicted molar refractivity (Wildman–Crippen MR) is 302 cm³/mol. The van der Waals surface area contributed by atoms with Gasteiger partial charge in [-0.05, 0) is 103 Å². The molecule has 1 unspecified atom stereocenters. The lowest BCUT2D eigenvalue weighted by Crippen LogP contribution is -2.30. The molecular formula is C64H102O6. The number of hydrogen-bond acceptors (Lipinski definition) is 6. The Morgan fingerprint density at radius 1 is 0.314 bits per heavy atom. The van der Waals surface area contributed by atoms with Crippen molar-refractivity contribution in [3.8, 4) is 0 Å². The second-order valence-electron chi connectivity index (χ2n) is 18.3. The standard InChI is InChI=1S/C64H102O6/c1-4-7-10-13-16-19-22-25-28-31-33-36-39-42-45-48-51-54-57-63(66)69-60-61(59-68-62(65)56-53-50-47-44-41-38-35-30-27-24-21-18-15-12-9-6-3)70-64(67)58-55-52-49-46-43-40-37-34-32-29-26-23-20-17-14-11-8-5-2/h9,12,16-23,25-34,36-37,61H,4-8,10-11,13-15,24,35,38-60H2,1-3H3/b12-9-,19-16-,20-17-,21-18-,25-22-,26-23-,30-27-,31-28-,32-29-,36-33-,37-34-. The summed E-state index contributed by atoms with van der Waals surface area (Å²) < 4.78 is 16.8. The van der Waals surface area contributed by atoms with Crippen LogP contribution < -0.4 is 0 Å². The molecule has 0 aliphatic carbocycles. The third kappa shape index (κ3) is 54.5. The highest BCUT2D eigenvalue weighted by molar-refractivity contribution is 5.71. The van der Waals surface area contributed by atoms with E-state index in [0.29, 0.717) is 12.8 Å². The zero-order chi connectivity index (χ0) is 50.7. The van der Waals surface area contributed by atoms with E-state index in [1.54, 1.807) is 0 Å². The SMILES string of the molecule is CC/C=C\C/C=C\C/C=C\CCCCCCCCC(=O)OCC(COC(=O)CCCCCCC\C=C/C=C\C=C/C=C\CCCCC)OC(=O)CCCCCCC\C=C/C=C\C=C/C=C\CCCCC. The van der Waals surface area contributed by atoms with Gasteiger partial charge in [-0.15, -0.1) is 0 Å². The minimum atomic E-state index is -0.812. The van der Waals surface area contributed by atoms with Gasteiger partial charge in [-0.3, -0.25) is 14.4 Å². The summed E-state index contributed by atoms with van der Waals surface area (Å²) in [5.41, 5.74) is 0. The van der Waals surface area contributed by atoms with Crippen molar-refractivity contribution in [1.82, 2.24) is 0 Å². The molecule has 6 heteroatoms. The Hall–Kier alpha value is -4.45. The number of esters is 3. The molecule has 0 aromatic rings. The van der Waals surface area contributed by atoms with Gasteiger partial charge in [0.1, 0.15) is 13.2 Å². The molecule has 0 N–H and O–H groups in total. The molecule has 0 rings (SSSR count). The topological polar surface area (TPSA) is 78.9 Å². The Kier molecular flexibility index (Phi) is 53.5. The minimum absolute atomic E-state index is 0.107. The Morgan fingerprint density at radius 3 is 1.00 bits per heavy atom. The second-order valence-corrected chi connectivity index (χ2v) is 18.3. The first kappa shape index (κ1) is 65.5. The average Bonchev–Trinajstić information content (AvgIpc) is 3.36. The van der Waals surface area contributed by atoms with E-state index in [9.17, 15) is 14.4 Å². The van der Waals surface area contributed by atoms with Gasteiger partial charge in [0.25, 0.3) is 0 Å². The number of hydrogen-bond donors (Lipinski definition) is 0. The molecule has 0 bridgehead atoms. The van der Waals surface area contributed by atoms with Crippen molar-refractivity contribution in [2.75, 3.05) is 13.2 Å². The van der Waals surface area contributed by atoms with Crippen LogP contribution in [0.4, 0.5) is 0 Å². The number of unbranched alkanes of at least 4 members (excludes halogenated alkanes) is 22. The van der Waals surface area contributed by atoms with Gasteiger partial charge >= 0.3 is 17.9 Å². The summed E-state index contributed by atoms with van der Waals surface area (Å²) in [6.45, 7) is 6.39. The normalized spacial score (nSPS) is 13.1. The summed E-state index contributed by atoms with van der Waals surface area (Å²) in [6.07, 6.45) is 79.9. The Balaban J connectivity index is 4.55. The van der Waals surface area contributed by atoms with Crippen LogP contribution in [0.5, 0.6) is 0 Å². The van der Waals surface area contributed by atoms with E-state index < -0.39 is 6.10 Å². The summed E-state index contributed by atoms with van der Waals surface area (Å²) in [5.74, 6) is -0.970. The number of allylic oxidation sites excluding steroid dienone is 22. The van der Waals surface area contributed by atoms with Crippen LogP contribution in [0.3, 0.4) is 0 Å². The number of rotatable bonds is 49. The van der Waals surface area contributed by atoms with E-state index in [1.807, 2.05) is 0 Å². The third-order valence-electron chi connectivity index (χ3n) is 11.5. The largest absolute Gasteiger partial charge is 0.462 e. The Labute approximate surface area is 430 Å². The lowest BCUT2D eigenvalue weighted by Gasteiger charge is -2.18. The van der Waals surface area contributed by atoms with Crippen molar-refractivity contribution in [3.05, 3.63) is 134 Å². The number of ether oxygens (including phenoxy) is 3. The molecule has 0 saturated carbocycles. The summed E-state index contributed by atoms with van der Waals surface area (Å²) in [7, 11) is 0. The number of carbonyl (C=O) groups excluding carboxylic acids is 3. The molecule has 0 aliphatic heterocycles. The molecule has 6 nitrogen and oxygen atoms in total. The van der Waals surface area contributed by atoms with Gasteiger partial charge in [0.15, 0.2) is 6.10 Å². The molecule has 0 radical (unpaired) electrons. The van der Waals surface area contributed by atoms with E-state index in [0.717, 1.165) is 141 Å². The quantitative estimate of drug-likeness (QED) is 0.0199. The molecule has 0 fully saturated rings. The Bertz CT molecular complexity index is 1530. The van der Waals surface area contributed by atoms with Gasteiger partial charge in [0, 0.05) is 19.3 Å². The molecule has 0 aliphatic rings. The first-order chi connectivity index (χ1) is 34.5. The van der Waals surface area contributed by atoms with Gasteiger partial charge in [0.05, 0.1) is 0 Å². The van der Waals surface area contributed by atoms with Crippen molar-refractivity contribution in [1.29, 1.82) is 0 Å². The van der Waals surface area contributed by atoms with Crippen LogP contribution >= 0.6 is 0 Å². The summed E-state index contributed by atoms with van der Waals surface area (Å²) in [4.78, 5) is 38.2. The molecule has 394 valence electrons. The van der Waals surface area contributed by atoms with Crippen molar-refractivity contribution in [2.24, 2.45) is 0 Å². The average molecular weight is 968 g/mol. The highest BCUT2D eigenvalue weighted by Crippen LogP contribution is 2.13. The fourth-order valence-corrected chi connectivity index (χ4v) is 7.30. The van der Waals surface area contributed by atoms with Crippen LogP contribution in [0.25, 0.3) is 0 Å². The van der Waals surface area contributed by atoms with E-state index in [2.05, 4.69) is 154 Å². The molecule has 0 amide bonds. The Morgan fingerprint density at radius 2 is 0.614 bits per heavy atom. The molecule has 0 aromatic heterocycles. The maximum Gasteiger partial charge on any atom is 0.306 e. The number of carbonyl (C=O) groups is 3. The highest BCUT2D eigenvalue weighted by Gasteiger charge is 2.19. The molecule has 0 aromatic carbocycles. The van der Waals surface area contributed by atoms with E-state index in [4.69, 9.17) is 14.2 Å². The molecule has 1 atom stereocenters. The van der Waals surface area contributed by atoms with Crippen molar-refractivity contribution < 1.29 is 28.6 Å². The minimum Gasteiger partial charge on any atom is -0.462 e. The van der Waals surface area contributed by atoms with Gasteiger partial charge in [-0.25, -0.2) is 0 Å². The van der Waals surface area contributed by atoms with Gasteiger partial charge < -0.3 is 14.2 Å². The van der Waals surface area contributed by atoms with Crippen LogP contribution in [0.15, 0.2) is 134 Å². The zero-order valence-corrected chi connectivity index (χ0v) is 45.0. The molecular weight excluding hydrogens is 865 g/mol. The lowest BCUT2D eigenvalue weighted by molar-refractivity contribution is -0.167. The van der Waals surface area contributed by atoms with Crippen LogP contribution in [-0.2, 0) is 28.6 Å². The third-order valence-corrected chi connectivity index (χ3v) is 11.5. The molecule has 0 saturated heterocycles. The van der Waals surface area contributed by atoms with Crippen molar-refractivity contribution in [3.63, 3.8) is 0 Å². The highest BCUT2D eigenvalue weighted by atomic mass is 16.6. The van der Waals surface area contributed by atoms with E-state index >= 15 is 0 Å². The predicted octanol–water partition coefficient (Wildman–Crippen LogP) is 19.0. The first-order valence-electron chi connectivity index (χ1n) is 28.3. The first-order valence-corrected chi connectivity index (χ1v) is 28.3. The molecule has 70 heavy (non-hydrogen) atoms. The van der Waals surface area contributed by atoms with Crippen LogP contribution in [0.1, 0.15) is 233 Å². The monoisotopic (exact) mass is 967 g/mol. The van der Waals surface area contributed by atoms with Crippen molar-refractivity contribution >= 4 is 17.9 Å². The van der Waals surface area contributed by atoms with Crippen LogP contribution in [0, 0.1) is 0 Å². The fourth-order valence-electron chi connectivity index (χ4n) is 7.30. The lowest BCUT2D eigenvalue weighted by atomic mass is 10.1. The fraction of sp³-hybridized carbons (Fsp3) is 0.609. The smallest absolute Gasteiger partial charge is 0.306 e. The van der Waals surface area contributed by atoms with Crippen LogP contribution in [0.2, 0.25) is 0 Å². The maximum absolute atomic E-state index is 12.9. The molecule has 0 heterocycles. The van der Waals surface area contributed by atoms with Crippen molar-refractivity contribution in [2.45, 2.75) is 239 Å².